The van der Waals surface area contributed by atoms with Gasteiger partial charge in [0.15, 0.2) is 0 Å². The molecule has 26 heavy (non-hydrogen) atoms. The average Bonchev–Trinajstić information content (AvgIpc) is 2.96. The summed E-state index contributed by atoms with van der Waals surface area (Å²) in [4.78, 5) is 15.9. The van der Waals surface area contributed by atoms with Crippen molar-refractivity contribution in [3.63, 3.8) is 0 Å². The van der Waals surface area contributed by atoms with Gasteiger partial charge in [0.2, 0.25) is 0 Å². The molecule has 0 bridgehead atoms. The minimum absolute atomic E-state index is 0.271. The highest BCUT2D eigenvalue weighted by Gasteiger charge is 2.10. The van der Waals surface area contributed by atoms with Crippen LogP contribution in [0, 0.1) is 13.8 Å². The van der Waals surface area contributed by atoms with Crippen LogP contribution in [0.15, 0.2) is 60.0 Å². The fourth-order valence-corrected chi connectivity index (χ4v) is 2.78. The number of methoxy groups -OCH3 is 1. The molecule has 132 valence electrons. The molecule has 0 aliphatic rings. The molecule has 0 aliphatic carbocycles. The molecule has 6 nitrogen and oxygen atoms in total. The molecule has 3 aromatic rings. The molecule has 0 saturated carbocycles. The number of nitrogens with one attached hydrogen (secondary N) is 1. The molecule has 0 aliphatic heterocycles. The summed E-state index contributed by atoms with van der Waals surface area (Å²) in [5.41, 5.74) is 7.15. The number of nitrogens with zero attached hydrogens (tertiary/aromatic N) is 3. The number of carbonyl (C=O) groups excluding carboxylic acids is 1. The maximum absolute atomic E-state index is 12.0. The lowest BCUT2D eigenvalue weighted by Gasteiger charge is -2.10. The van der Waals surface area contributed by atoms with Gasteiger partial charge in [-0.25, -0.2) is 5.43 Å². The zero-order valence-corrected chi connectivity index (χ0v) is 14.9. The first kappa shape index (κ1) is 17.4. The van der Waals surface area contributed by atoms with Gasteiger partial charge in [0.05, 0.1) is 13.3 Å². The Hall–Kier alpha value is -3.41. The van der Waals surface area contributed by atoms with E-state index in [9.17, 15) is 4.79 Å². The summed E-state index contributed by atoms with van der Waals surface area (Å²) in [6.07, 6.45) is 4.80. The van der Waals surface area contributed by atoms with Gasteiger partial charge in [-0.1, -0.05) is 0 Å². The second kappa shape index (κ2) is 7.65. The number of ether oxygens (including phenoxy) is 1. The van der Waals surface area contributed by atoms with E-state index in [0.717, 1.165) is 28.4 Å². The molecule has 0 fully saturated rings. The molecule has 0 unspecified atom stereocenters. The normalized spacial score (nSPS) is 10.9. The number of aryl methyl sites for hydroxylation is 1. The third-order valence-electron chi connectivity index (χ3n) is 4.11. The summed E-state index contributed by atoms with van der Waals surface area (Å²) in [5.74, 6) is 0.546. The first-order valence-electron chi connectivity index (χ1n) is 8.17. The van der Waals surface area contributed by atoms with Crippen molar-refractivity contribution >= 4 is 12.1 Å². The van der Waals surface area contributed by atoms with Crippen molar-refractivity contribution in [2.45, 2.75) is 13.8 Å². The van der Waals surface area contributed by atoms with E-state index >= 15 is 0 Å². The molecule has 0 atom stereocenters. The van der Waals surface area contributed by atoms with Crippen molar-refractivity contribution in [3.8, 4) is 11.4 Å². The van der Waals surface area contributed by atoms with Gasteiger partial charge in [-0.2, -0.15) is 5.10 Å². The van der Waals surface area contributed by atoms with Crippen molar-refractivity contribution in [2.24, 2.45) is 5.10 Å². The van der Waals surface area contributed by atoms with Crippen LogP contribution in [0.2, 0.25) is 0 Å². The van der Waals surface area contributed by atoms with Gasteiger partial charge in [-0.15, -0.1) is 0 Å². The van der Waals surface area contributed by atoms with Crippen LogP contribution in [-0.4, -0.2) is 28.8 Å². The van der Waals surface area contributed by atoms with E-state index in [0.29, 0.717) is 5.56 Å². The Bertz CT molecular complexity index is 928. The molecular weight excluding hydrogens is 328 g/mol. The Morgan fingerprint density at radius 3 is 2.50 bits per heavy atom. The molecule has 3 rings (SSSR count). The molecule has 2 aromatic heterocycles. The van der Waals surface area contributed by atoms with Crippen molar-refractivity contribution in [2.75, 3.05) is 7.11 Å². The van der Waals surface area contributed by atoms with Crippen LogP contribution in [-0.2, 0) is 0 Å². The van der Waals surface area contributed by atoms with Crippen molar-refractivity contribution in [1.29, 1.82) is 0 Å². The van der Waals surface area contributed by atoms with Crippen LogP contribution in [0.1, 0.15) is 27.3 Å². The number of hydrogen-bond acceptors (Lipinski definition) is 4. The topological polar surface area (TPSA) is 68.5 Å². The number of hydrazone groups is 1. The number of carbonyl (C=O) groups is 1. The van der Waals surface area contributed by atoms with Crippen LogP contribution in [0.3, 0.4) is 0 Å². The van der Waals surface area contributed by atoms with Crippen LogP contribution >= 0.6 is 0 Å². The molecule has 6 heteroatoms. The summed E-state index contributed by atoms with van der Waals surface area (Å²) in [5, 5.41) is 4.08. The van der Waals surface area contributed by atoms with Gasteiger partial charge in [-0.05, 0) is 56.3 Å². The Kier molecular flexibility index (Phi) is 5.12. The second-order valence-electron chi connectivity index (χ2n) is 5.79. The summed E-state index contributed by atoms with van der Waals surface area (Å²) in [6, 6.07) is 13.2. The van der Waals surface area contributed by atoms with Gasteiger partial charge >= 0.3 is 0 Å². The molecule has 1 amide bonds. The minimum Gasteiger partial charge on any atom is -0.497 e. The standard InChI is InChI=1S/C20H20N4O2/c1-14-12-17(13-22-23-20(25)16-8-10-21-11-9-16)15(2)24(14)18-4-6-19(26-3)7-5-18/h4-13H,1-3H3,(H,23,25)/b22-13+. The average molecular weight is 348 g/mol. The number of hydrogen-bond donors (Lipinski definition) is 1. The first-order valence-corrected chi connectivity index (χ1v) is 8.17. The lowest BCUT2D eigenvalue weighted by atomic mass is 10.2. The summed E-state index contributed by atoms with van der Waals surface area (Å²) >= 11 is 0. The molecule has 0 saturated heterocycles. The predicted molar refractivity (Wildman–Crippen MR) is 101 cm³/mol. The summed E-state index contributed by atoms with van der Waals surface area (Å²) < 4.78 is 7.34. The SMILES string of the molecule is COc1ccc(-n2c(C)cc(/C=N/NC(=O)c3ccncc3)c2C)cc1. The van der Waals surface area contributed by atoms with E-state index in [-0.39, 0.29) is 5.91 Å². The quantitative estimate of drug-likeness (QED) is 0.568. The zero-order chi connectivity index (χ0) is 18.5. The van der Waals surface area contributed by atoms with Crippen molar-refractivity contribution in [3.05, 3.63) is 77.4 Å². The van der Waals surface area contributed by atoms with E-state index in [2.05, 4.69) is 20.1 Å². The fourth-order valence-electron chi connectivity index (χ4n) is 2.78. The van der Waals surface area contributed by atoms with E-state index in [1.807, 2.05) is 44.2 Å². The Morgan fingerprint density at radius 2 is 1.85 bits per heavy atom. The number of pyridine rings is 1. The van der Waals surface area contributed by atoms with Crippen LogP contribution in [0.25, 0.3) is 5.69 Å². The Balaban J connectivity index is 1.78. The molecule has 0 spiro atoms. The molecule has 1 aromatic carbocycles. The molecule has 0 radical (unpaired) electrons. The largest absolute Gasteiger partial charge is 0.497 e. The van der Waals surface area contributed by atoms with Gasteiger partial charge in [0, 0.05) is 40.6 Å². The smallest absolute Gasteiger partial charge is 0.271 e. The first-order chi connectivity index (χ1) is 12.6. The van der Waals surface area contributed by atoms with E-state index in [1.165, 1.54) is 0 Å². The van der Waals surface area contributed by atoms with Gasteiger partial charge in [-0.3, -0.25) is 9.78 Å². The predicted octanol–water partition coefficient (Wildman–Crippen LogP) is 3.26. The molecule has 1 N–H and O–H groups in total. The number of aromatic nitrogens is 2. The van der Waals surface area contributed by atoms with Crippen LogP contribution in [0.5, 0.6) is 5.75 Å². The van der Waals surface area contributed by atoms with Gasteiger partial charge in [0.1, 0.15) is 5.75 Å². The van der Waals surface area contributed by atoms with Crippen molar-refractivity contribution < 1.29 is 9.53 Å². The maximum Gasteiger partial charge on any atom is 0.271 e. The lowest BCUT2D eigenvalue weighted by Crippen LogP contribution is -2.17. The highest BCUT2D eigenvalue weighted by Crippen LogP contribution is 2.21. The third-order valence-corrected chi connectivity index (χ3v) is 4.11. The fraction of sp³-hybridized carbons (Fsp3) is 0.150. The molecular formula is C20H20N4O2. The number of benzene rings is 1. The van der Waals surface area contributed by atoms with Gasteiger partial charge < -0.3 is 9.30 Å². The second-order valence-corrected chi connectivity index (χ2v) is 5.79. The Labute approximate surface area is 152 Å². The van der Waals surface area contributed by atoms with Crippen molar-refractivity contribution in [1.82, 2.24) is 15.0 Å². The highest BCUT2D eigenvalue weighted by atomic mass is 16.5. The lowest BCUT2D eigenvalue weighted by molar-refractivity contribution is 0.0955. The highest BCUT2D eigenvalue weighted by molar-refractivity contribution is 5.94. The number of rotatable bonds is 5. The van der Waals surface area contributed by atoms with E-state index < -0.39 is 0 Å². The summed E-state index contributed by atoms with van der Waals surface area (Å²) in [7, 11) is 1.65. The van der Waals surface area contributed by atoms with E-state index in [4.69, 9.17) is 4.74 Å². The molecule has 2 heterocycles. The van der Waals surface area contributed by atoms with Crippen LogP contribution < -0.4 is 10.2 Å². The Morgan fingerprint density at radius 1 is 1.15 bits per heavy atom. The minimum atomic E-state index is -0.271. The van der Waals surface area contributed by atoms with Crippen LogP contribution in [0.4, 0.5) is 0 Å². The van der Waals surface area contributed by atoms with E-state index in [1.54, 1.807) is 37.9 Å². The summed E-state index contributed by atoms with van der Waals surface area (Å²) in [6.45, 7) is 4.05. The monoisotopic (exact) mass is 348 g/mol. The van der Waals surface area contributed by atoms with Gasteiger partial charge in [0.25, 0.3) is 5.91 Å². The number of amides is 1. The third kappa shape index (κ3) is 3.64. The zero-order valence-electron chi connectivity index (χ0n) is 14.9. The maximum atomic E-state index is 12.0.